The topological polar surface area (TPSA) is 24.1 Å². The van der Waals surface area contributed by atoms with Gasteiger partial charge in [0.05, 0.1) is 0 Å². The van der Waals surface area contributed by atoms with Crippen molar-refractivity contribution in [3.8, 4) is 0 Å². The van der Waals surface area contributed by atoms with Crippen molar-refractivity contribution in [3.63, 3.8) is 0 Å². The molecular weight excluding hydrogens is 292 g/mol. The van der Waals surface area contributed by atoms with Gasteiger partial charge in [-0.25, -0.2) is 0 Å². The van der Waals surface area contributed by atoms with Crippen molar-refractivity contribution in [2.75, 3.05) is 19.6 Å². The summed E-state index contributed by atoms with van der Waals surface area (Å²) in [6.07, 6.45) is 14.7. The standard InChI is InChI=1S/C22H38N2/c1-16(2)5-4-6-17(3)7-8-23-9-10-24-22-20-12-18-11-19(14-20)15-21(22)13-18/h5,7,18-24H,4,6,8-15H2,1-3H3/b17-7-. The van der Waals surface area contributed by atoms with Gasteiger partial charge in [0.15, 0.2) is 0 Å². The van der Waals surface area contributed by atoms with E-state index >= 15 is 0 Å². The molecule has 4 aliphatic carbocycles. The van der Waals surface area contributed by atoms with Crippen LogP contribution in [0.25, 0.3) is 0 Å². The number of allylic oxidation sites excluding steroid dienone is 3. The van der Waals surface area contributed by atoms with E-state index in [4.69, 9.17) is 0 Å². The molecule has 0 heterocycles. The molecule has 4 fully saturated rings. The molecule has 4 aliphatic rings. The van der Waals surface area contributed by atoms with E-state index in [1.165, 1.54) is 49.7 Å². The monoisotopic (exact) mass is 330 g/mol. The third-order valence-electron chi connectivity index (χ3n) is 6.59. The van der Waals surface area contributed by atoms with Crippen molar-refractivity contribution in [2.45, 2.75) is 71.8 Å². The largest absolute Gasteiger partial charge is 0.312 e. The second-order valence-corrected chi connectivity index (χ2v) is 8.99. The lowest BCUT2D eigenvalue weighted by atomic mass is 9.54. The van der Waals surface area contributed by atoms with Gasteiger partial charge >= 0.3 is 0 Å². The van der Waals surface area contributed by atoms with E-state index in [-0.39, 0.29) is 0 Å². The summed E-state index contributed by atoms with van der Waals surface area (Å²) in [5.74, 6) is 4.17. The lowest BCUT2D eigenvalue weighted by molar-refractivity contribution is -0.0133. The van der Waals surface area contributed by atoms with Gasteiger partial charge in [0, 0.05) is 25.7 Å². The highest BCUT2D eigenvalue weighted by Crippen LogP contribution is 2.53. The minimum Gasteiger partial charge on any atom is -0.312 e. The van der Waals surface area contributed by atoms with Gasteiger partial charge in [0.25, 0.3) is 0 Å². The maximum atomic E-state index is 3.91. The molecule has 0 saturated heterocycles. The van der Waals surface area contributed by atoms with Gasteiger partial charge in [-0.2, -0.15) is 0 Å². The van der Waals surface area contributed by atoms with Crippen LogP contribution in [0.2, 0.25) is 0 Å². The molecule has 0 radical (unpaired) electrons. The van der Waals surface area contributed by atoms with Crippen LogP contribution in [0.4, 0.5) is 0 Å². The summed E-state index contributed by atoms with van der Waals surface area (Å²) in [6.45, 7) is 9.86. The third kappa shape index (κ3) is 4.95. The number of hydrogen-bond acceptors (Lipinski definition) is 2. The summed E-state index contributed by atoms with van der Waals surface area (Å²) in [5.41, 5.74) is 2.94. The smallest absolute Gasteiger partial charge is 0.0137 e. The van der Waals surface area contributed by atoms with Gasteiger partial charge in [-0.3, -0.25) is 0 Å². The maximum Gasteiger partial charge on any atom is 0.0137 e. The Morgan fingerprint density at radius 2 is 1.54 bits per heavy atom. The molecule has 136 valence electrons. The van der Waals surface area contributed by atoms with Crippen LogP contribution in [0.15, 0.2) is 23.3 Å². The molecule has 0 aromatic rings. The van der Waals surface area contributed by atoms with Crippen LogP contribution in [0.1, 0.15) is 65.7 Å². The van der Waals surface area contributed by atoms with Crippen LogP contribution < -0.4 is 10.6 Å². The van der Waals surface area contributed by atoms with Gasteiger partial charge in [-0.05, 0) is 89.4 Å². The highest BCUT2D eigenvalue weighted by molar-refractivity contribution is 5.03. The lowest BCUT2D eigenvalue weighted by Crippen LogP contribution is -2.55. The first kappa shape index (κ1) is 18.2. The molecule has 2 heteroatoms. The first-order valence-electron chi connectivity index (χ1n) is 10.3. The summed E-state index contributed by atoms with van der Waals surface area (Å²) in [4.78, 5) is 0. The van der Waals surface area contributed by atoms with Crippen LogP contribution in [0, 0.1) is 23.7 Å². The summed E-state index contributed by atoms with van der Waals surface area (Å²) in [6, 6.07) is 0.834. The molecule has 0 unspecified atom stereocenters. The van der Waals surface area contributed by atoms with Crippen LogP contribution in [-0.2, 0) is 0 Å². The van der Waals surface area contributed by atoms with Gasteiger partial charge in [0.1, 0.15) is 0 Å². The Hall–Kier alpha value is -0.600. The van der Waals surface area contributed by atoms with Crippen molar-refractivity contribution >= 4 is 0 Å². The maximum absolute atomic E-state index is 3.91. The molecule has 0 aliphatic heterocycles. The minimum absolute atomic E-state index is 0.834. The third-order valence-corrected chi connectivity index (χ3v) is 6.59. The predicted octanol–water partition coefficient (Wildman–Crippen LogP) is 4.68. The van der Waals surface area contributed by atoms with Gasteiger partial charge in [-0.15, -0.1) is 0 Å². The molecule has 24 heavy (non-hydrogen) atoms. The zero-order chi connectivity index (χ0) is 16.9. The van der Waals surface area contributed by atoms with E-state index in [1.807, 2.05) is 0 Å². The Morgan fingerprint density at radius 1 is 0.875 bits per heavy atom. The zero-order valence-electron chi connectivity index (χ0n) is 16.1. The molecule has 4 saturated carbocycles. The molecule has 4 rings (SSSR count). The summed E-state index contributed by atoms with van der Waals surface area (Å²) < 4.78 is 0. The van der Waals surface area contributed by atoms with Crippen molar-refractivity contribution < 1.29 is 0 Å². The summed E-state index contributed by atoms with van der Waals surface area (Å²) in [7, 11) is 0. The Labute approximate surface area is 149 Å². The second-order valence-electron chi connectivity index (χ2n) is 8.99. The van der Waals surface area contributed by atoms with Crippen LogP contribution in [0.5, 0.6) is 0 Å². The van der Waals surface area contributed by atoms with Gasteiger partial charge in [0.2, 0.25) is 0 Å². The van der Waals surface area contributed by atoms with Crippen molar-refractivity contribution in [1.29, 1.82) is 0 Å². The van der Waals surface area contributed by atoms with Gasteiger partial charge in [-0.1, -0.05) is 23.3 Å². The minimum atomic E-state index is 0.834. The predicted molar refractivity (Wildman–Crippen MR) is 104 cm³/mol. The average Bonchev–Trinajstić information content (AvgIpc) is 2.51. The summed E-state index contributed by atoms with van der Waals surface area (Å²) >= 11 is 0. The Balaban J connectivity index is 1.27. The van der Waals surface area contributed by atoms with E-state index < -0.39 is 0 Å². The fraction of sp³-hybridized carbons (Fsp3) is 0.818. The zero-order valence-corrected chi connectivity index (χ0v) is 16.1. The molecule has 0 atom stereocenters. The number of rotatable bonds is 9. The molecular formula is C22H38N2. The summed E-state index contributed by atoms with van der Waals surface area (Å²) in [5, 5.41) is 7.49. The Kier molecular flexibility index (Phi) is 6.57. The SMILES string of the molecule is CC(C)=CCC/C(C)=C\CNCCNC1C2CC3CC(C2)CC1C3. The highest BCUT2D eigenvalue weighted by Gasteiger charge is 2.47. The van der Waals surface area contributed by atoms with Crippen molar-refractivity contribution in [1.82, 2.24) is 10.6 Å². The normalized spacial score (nSPS) is 34.6. The molecule has 2 N–H and O–H groups in total. The molecule has 0 aromatic carbocycles. The van der Waals surface area contributed by atoms with E-state index in [9.17, 15) is 0 Å². The Bertz CT molecular complexity index is 431. The molecule has 0 spiro atoms. The van der Waals surface area contributed by atoms with Crippen molar-refractivity contribution in [2.24, 2.45) is 23.7 Å². The lowest BCUT2D eigenvalue weighted by Gasteiger charge is -2.54. The first-order chi connectivity index (χ1) is 11.6. The van der Waals surface area contributed by atoms with Crippen LogP contribution in [-0.4, -0.2) is 25.7 Å². The first-order valence-corrected chi connectivity index (χ1v) is 10.3. The highest BCUT2D eigenvalue weighted by atomic mass is 15.0. The second kappa shape index (κ2) is 8.67. The van der Waals surface area contributed by atoms with Crippen LogP contribution in [0.3, 0.4) is 0 Å². The van der Waals surface area contributed by atoms with Crippen molar-refractivity contribution in [3.05, 3.63) is 23.3 Å². The number of nitrogens with one attached hydrogen (secondary N) is 2. The molecule has 2 nitrogen and oxygen atoms in total. The average molecular weight is 331 g/mol. The fourth-order valence-electron chi connectivity index (χ4n) is 5.62. The van der Waals surface area contributed by atoms with E-state index in [0.717, 1.165) is 49.3 Å². The van der Waals surface area contributed by atoms with E-state index in [0.29, 0.717) is 0 Å². The van der Waals surface area contributed by atoms with E-state index in [2.05, 4.69) is 43.6 Å². The number of hydrogen-bond donors (Lipinski definition) is 2. The molecule has 0 aromatic heterocycles. The van der Waals surface area contributed by atoms with Gasteiger partial charge < -0.3 is 10.6 Å². The molecule has 0 amide bonds. The molecule has 4 bridgehead atoms. The van der Waals surface area contributed by atoms with E-state index in [1.54, 1.807) is 6.42 Å². The van der Waals surface area contributed by atoms with Crippen LogP contribution >= 0.6 is 0 Å². The quantitative estimate of drug-likeness (QED) is 0.474. The fourth-order valence-corrected chi connectivity index (χ4v) is 5.62. The Morgan fingerprint density at radius 3 is 2.17 bits per heavy atom.